The highest BCUT2D eigenvalue weighted by Crippen LogP contribution is 2.32. The van der Waals surface area contributed by atoms with E-state index in [9.17, 15) is 44.7 Å². The molecule has 3 fully saturated rings. The van der Waals surface area contributed by atoms with Crippen molar-refractivity contribution in [2.75, 3.05) is 119 Å². The van der Waals surface area contributed by atoms with Gasteiger partial charge in [0.25, 0.3) is 17.7 Å². The predicted molar refractivity (Wildman–Crippen MR) is 338 cm³/mol. The van der Waals surface area contributed by atoms with E-state index in [4.69, 9.17) is 4.74 Å². The number of aromatic hydroxyl groups is 1. The summed E-state index contributed by atoms with van der Waals surface area (Å²) in [6.07, 6.45) is 3.46. The fraction of sp³-hybridized carbons (Fsp3) is 0.400. The fourth-order valence-electron chi connectivity index (χ4n) is 10.9. The maximum Gasteiger partial charge on any atom is 0.254 e. The van der Waals surface area contributed by atoms with Crippen LogP contribution >= 0.6 is 0 Å². The van der Waals surface area contributed by atoms with Gasteiger partial charge in [0.05, 0.1) is 21.8 Å². The van der Waals surface area contributed by atoms with Crippen LogP contribution in [0.2, 0.25) is 0 Å². The second-order valence-corrected chi connectivity index (χ2v) is 28.9. The highest BCUT2D eigenvalue weighted by atomic mass is 32.2. The second kappa shape index (κ2) is 26.5. The summed E-state index contributed by atoms with van der Waals surface area (Å²) in [5.74, 6) is 0.872. The molecule has 0 bridgehead atoms. The van der Waals surface area contributed by atoms with Gasteiger partial charge in [-0.25, -0.2) is 25.3 Å². The number of carbonyl (C=O) groups excluding carboxylic acids is 3. The number of methoxy groups -OCH3 is 1. The number of sulfone groups is 3. The average molecular weight is 1220 g/mol. The van der Waals surface area contributed by atoms with E-state index >= 15 is 0 Å². The summed E-state index contributed by atoms with van der Waals surface area (Å²) >= 11 is 0. The molecule has 6 aromatic carbocycles. The topological polar surface area (TPSA) is 203 Å². The van der Waals surface area contributed by atoms with Gasteiger partial charge >= 0.3 is 0 Å². The molecular weight excluding hydrogens is 1140 g/mol. The molecule has 0 unspecified atom stereocenters. The van der Waals surface area contributed by atoms with Gasteiger partial charge in [0, 0.05) is 131 Å². The molecule has 0 radical (unpaired) electrons. The van der Waals surface area contributed by atoms with Gasteiger partial charge in [0.2, 0.25) is 0 Å². The van der Waals surface area contributed by atoms with Crippen LogP contribution in [-0.2, 0) is 29.5 Å². The Balaban J connectivity index is 0.000000183. The van der Waals surface area contributed by atoms with Gasteiger partial charge < -0.3 is 39.2 Å². The van der Waals surface area contributed by atoms with E-state index in [1.807, 2.05) is 65.5 Å². The van der Waals surface area contributed by atoms with Crippen molar-refractivity contribution in [3.05, 3.63) is 163 Å². The summed E-state index contributed by atoms with van der Waals surface area (Å²) < 4.78 is 76.5. The Morgan fingerprint density at radius 3 is 0.859 bits per heavy atom. The number of aryl methyl sites for hydroxylation is 9. The maximum atomic E-state index is 13.0. The first-order chi connectivity index (χ1) is 39.8. The average Bonchev–Trinajstić information content (AvgIpc) is 3.66. The van der Waals surface area contributed by atoms with Crippen molar-refractivity contribution in [3.8, 4) is 11.5 Å². The monoisotopic (exact) mass is 1220 g/mol. The van der Waals surface area contributed by atoms with E-state index in [1.165, 1.54) is 46.6 Å². The number of piperazine rings is 3. The van der Waals surface area contributed by atoms with Crippen LogP contribution in [0.3, 0.4) is 0 Å². The molecule has 20 heteroatoms. The molecule has 3 aliphatic heterocycles. The molecule has 17 nitrogen and oxygen atoms in total. The van der Waals surface area contributed by atoms with Crippen molar-refractivity contribution in [3.63, 3.8) is 0 Å². The number of carbonyl (C=O) groups is 3. The van der Waals surface area contributed by atoms with Crippen LogP contribution in [0.5, 0.6) is 11.5 Å². The van der Waals surface area contributed by atoms with E-state index in [0.717, 1.165) is 101 Å². The van der Waals surface area contributed by atoms with Crippen molar-refractivity contribution in [1.29, 1.82) is 0 Å². The lowest BCUT2D eigenvalue weighted by Crippen LogP contribution is -2.49. The van der Waals surface area contributed by atoms with E-state index in [0.29, 0.717) is 74.8 Å². The van der Waals surface area contributed by atoms with Crippen LogP contribution in [0, 0.1) is 69.2 Å². The third-order valence-corrected chi connectivity index (χ3v) is 19.8. The molecule has 3 heterocycles. The molecule has 1 N–H and O–H groups in total. The molecule has 3 amide bonds. The minimum absolute atomic E-state index is 0.0982. The van der Waals surface area contributed by atoms with Gasteiger partial charge in [-0.3, -0.25) is 14.4 Å². The van der Waals surface area contributed by atoms with Gasteiger partial charge in [-0.1, -0.05) is 18.2 Å². The lowest BCUT2D eigenvalue weighted by atomic mass is 10.0. The molecule has 9 rings (SSSR count). The number of phenolic OH excluding ortho intramolecular Hbond substituents is 1. The van der Waals surface area contributed by atoms with Crippen molar-refractivity contribution in [2.24, 2.45) is 0 Å². The number of phenols is 1. The van der Waals surface area contributed by atoms with E-state index in [-0.39, 0.29) is 32.4 Å². The van der Waals surface area contributed by atoms with Crippen LogP contribution in [0.1, 0.15) is 86.7 Å². The van der Waals surface area contributed by atoms with E-state index in [1.54, 1.807) is 47.2 Å². The van der Waals surface area contributed by atoms with Crippen LogP contribution in [0.25, 0.3) is 0 Å². The number of hydrogen-bond donors (Lipinski definition) is 1. The van der Waals surface area contributed by atoms with Crippen molar-refractivity contribution in [2.45, 2.75) is 83.9 Å². The number of anilines is 3. The minimum atomic E-state index is -3.36. The smallest absolute Gasteiger partial charge is 0.254 e. The summed E-state index contributed by atoms with van der Waals surface area (Å²) in [6, 6.07) is 26.8. The SMILES string of the molecule is COc1c(C)cc(N2CCN(C(=O)c3cc(S(C)(=O)=O)ccc3C)CC2)cc1C.Cc1ccc(S(C)(=O)=O)cc1C(=O)N1CCN(c2cc(C)c(C)c(C)c2)CC1.Cc1ccc(S(C)(=O)=O)cc1C(=O)N1CCN(c2cc(C)c(O)c(C)c2)CC1. The summed E-state index contributed by atoms with van der Waals surface area (Å²) in [6.45, 7) is 27.6. The molecule has 6 aromatic rings. The molecule has 0 saturated carbocycles. The molecule has 3 saturated heterocycles. The normalized spacial score (nSPS) is 14.9. The first kappa shape index (κ1) is 65.1. The Morgan fingerprint density at radius 2 is 0.612 bits per heavy atom. The molecular formula is C65H82N6O11S3. The quantitative estimate of drug-likeness (QED) is 0.136. The van der Waals surface area contributed by atoms with Crippen LogP contribution in [-0.4, -0.2) is 167 Å². The number of hydrogen-bond acceptors (Lipinski definition) is 14. The lowest BCUT2D eigenvalue weighted by Gasteiger charge is -2.36. The van der Waals surface area contributed by atoms with Crippen molar-refractivity contribution < 1.29 is 49.5 Å². The molecule has 85 heavy (non-hydrogen) atoms. The molecule has 0 aromatic heterocycles. The Hall–Kier alpha value is -7.42. The van der Waals surface area contributed by atoms with Crippen molar-refractivity contribution in [1.82, 2.24) is 14.7 Å². The fourth-order valence-corrected chi connectivity index (χ4v) is 12.9. The summed E-state index contributed by atoms with van der Waals surface area (Å²) in [5.41, 5.74) is 14.8. The largest absolute Gasteiger partial charge is 0.507 e. The highest BCUT2D eigenvalue weighted by Gasteiger charge is 2.29. The van der Waals surface area contributed by atoms with Gasteiger partial charge in [-0.15, -0.1) is 0 Å². The van der Waals surface area contributed by atoms with Gasteiger partial charge in [-0.2, -0.15) is 0 Å². The first-order valence-corrected chi connectivity index (χ1v) is 34.0. The maximum absolute atomic E-state index is 13.0. The number of rotatable bonds is 10. The lowest BCUT2D eigenvalue weighted by molar-refractivity contribution is 0.0738. The third kappa shape index (κ3) is 15.5. The summed E-state index contributed by atoms with van der Waals surface area (Å²) in [4.78, 5) is 51.7. The third-order valence-electron chi connectivity index (χ3n) is 16.4. The van der Waals surface area contributed by atoms with Crippen LogP contribution in [0.15, 0.2) is 106 Å². The zero-order chi connectivity index (χ0) is 62.6. The molecule has 0 atom stereocenters. The molecule has 456 valence electrons. The van der Waals surface area contributed by atoms with Crippen LogP contribution in [0.4, 0.5) is 17.1 Å². The zero-order valence-electron chi connectivity index (χ0n) is 51.6. The van der Waals surface area contributed by atoms with Crippen molar-refractivity contribution >= 4 is 64.3 Å². The molecule has 3 aliphatic rings. The Kier molecular flexibility index (Phi) is 20.3. The highest BCUT2D eigenvalue weighted by molar-refractivity contribution is 7.91. The number of benzene rings is 6. The van der Waals surface area contributed by atoms with Crippen LogP contribution < -0.4 is 19.4 Å². The van der Waals surface area contributed by atoms with E-state index < -0.39 is 29.5 Å². The standard InChI is InChI=1S/C22H28N2O4S.C22H28N2O3S.C21H26N2O4S/c1-15-6-7-19(29(5,26)27)14-20(15)22(25)24-10-8-23(9-11-24)18-12-16(2)21(28-4)17(3)13-18;1-15-6-7-20(28(5,26)27)14-21(15)22(25)24-10-8-23(9-11-24)19-12-16(2)18(4)17(3)13-19;1-14-5-6-18(28(4,26)27)13-19(14)21(25)23-9-7-22(8-10-23)17-11-15(2)20(24)16(3)12-17/h6-7,12-14H,8-11H2,1-5H3;6-7,12-14H,8-11H2,1-5H3;5-6,11-13,24H,7-10H2,1-4H3. The molecule has 0 spiro atoms. The summed E-state index contributed by atoms with van der Waals surface area (Å²) in [5, 5.41) is 9.96. The summed E-state index contributed by atoms with van der Waals surface area (Å²) in [7, 11) is -8.38. The zero-order valence-corrected chi connectivity index (χ0v) is 54.0. The Labute approximate surface area is 503 Å². The Bertz CT molecular complexity index is 3640. The van der Waals surface area contributed by atoms with E-state index in [2.05, 4.69) is 59.7 Å². The predicted octanol–water partition coefficient (Wildman–Crippen LogP) is 8.96. The number of ether oxygens (including phenoxy) is 1. The number of nitrogens with zero attached hydrogens (tertiary/aromatic N) is 6. The first-order valence-electron chi connectivity index (χ1n) is 28.4. The Morgan fingerprint density at radius 1 is 0.365 bits per heavy atom. The van der Waals surface area contributed by atoms with Gasteiger partial charge in [-0.05, 0) is 198 Å². The molecule has 0 aliphatic carbocycles. The van der Waals surface area contributed by atoms with Gasteiger partial charge in [0.1, 0.15) is 11.5 Å². The number of amides is 3. The van der Waals surface area contributed by atoms with Gasteiger partial charge in [0.15, 0.2) is 29.5 Å². The second-order valence-electron chi connectivity index (χ2n) is 22.8. The minimum Gasteiger partial charge on any atom is -0.507 e.